The molecule has 0 fully saturated rings. The first-order valence-electron chi connectivity index (χ1n) is 6.71. The molecule has 1 aromatic carbocycles. The summed E-state index contributed by atoms with van der Waals surface area (Å²) in [6, 6.07) is 3.66. The van der Waals surface area contributed by atoms with E-state index >= 15 is 0 Å². The van der Waals surface area contributed by atoms with Crippen LogP contribution in [0.15, 0.2) is 12.1 Å². The minimum atomic E-state index is -0.0825. The van der Waals surface area contributed by atoms with E-state index in [1.54, 1.807) is 6.07 Å². The Labute approximate surface area is 115 Å². The fraction of sp³-hybridized carbons (Fsp3) is 0.533. The molecule has 1 unspecified atom stereocenters. The molecule has 0 radical (unpaired) electrons. The second-order valence-corrected chi connectivity index (χ2v) is 5.21. The van der Waals surface area contributed by atoms with E-state index in [1.807, 2.05) is 26.8 Å². The molecule has 0 heterocycles. The minimum absolute atomic E-state index is 0.0825. The number of carbonyl (C=O) groups excluding carboxylic acids is 1. The predicted molar refractivity (Wildman–Crippen MR) is 78.1 cm³/mol. The van der Waals surface area contributed by atoms with Gasteiger partial charge in [-0.25, -0.2) is 0 Å². The highest BCUT2D eigenvalue weighted by molar-refractivity contribution is 5.96. The molecule has 0 aliphatic rings. The summed E-state index contributed by atoms with van der Waals surface area (Å²) in [5.74, 6) is 0.203. The summed E-state index contributed by atoms with van der Waals surface area (Å²) >= 11 is 0. The summed E-state index contributed by atoms with van der Waals surface area (Å²) in [5.41, 5.74) is 9.04. The second kappa shape index (κ2) is 7.14. The van der Waals surface area contributed by atoms with Gasteiger partial charge in [0, 0.05) is 24.4 Å². The first-order chi connectivity index (χ1) is 8.95. The number of hydrogen-bond donors (Lipinski definition) is 3. The second-order valence-electron chi connectivity index (χ2n) is 5.21. The van der Waals surface area contributed by atoms with E-state index in [2.05, 4.69) is 5.32 Å². The third-order valence-corrected chi connectivity index (χ3v) is 3.33. The van der Waals surface area contributed by atoms with Crippen molar-refractivity contribution in [1.82, 2.24) is 5.32 Å². The van der Waals surface area contributed by atoms with Crippen LogP contribution in [0.1, 0.15) is 41.3 Å². The van der Waals surface area contributed by atoms with Crippen LogP contribution in [0.2, 0.25) is 0 Å². The number of rotatable bonds is 6. The van der Waals surface area contributed by atoms with Gasteiger partial charge in [0.2, 0.25) is 0 Å². The molecular weight excluding hydrogens is 240 g/mol. The Hall–Kier alpha value is -1.55. The lowest BCUT2D eigenvalue weighted by atomic mass is 10.0. The number of carbonyl (C=O) groups is 1. The standard InChI is InChI=1S/C15H24N2O2/c1-10(9-18)5-4-6-17-15(19)13-8-14(16)12(3)7-11(13)2/h7-8,10,18H,4-6,9,16H2,1-3H3,(H,17,19). The molecule has 1 aromatic rings. The van der Waals surface area contributed by atoms with Crippen molar-refractivity contribution >= 4 is 11.6 Å². The van der Waals surface area contributed by atoms with Crippen molar-refractivity contribution in [2.75, 3.05) is 18.9 Å². The number of amides is 1. The summed E-state index contributed by atoms with van der Waals surface area (Å²) in [6.45, 7) is 6.65. The molecule has 1 atom stereocenters. The van der Waals surface area contributed by atoms with Gasteiger partial charge in [-0.05, 0) is 49.8 Å². The molecule has 0 saturated heterocycles. The van der Waals surface area contributed by atoms with E-state index in [-0.39, 0.29) is 18.4 Å². The number of nitrogens with two attached hydrogens (primary N) is 1. The van der Waals surface area contributed by atoms with Crippen LogP contribution in [0, 0.1) is 19.8 Å². The first kappa shape index (κ1) is 15.5. The largest absolute Gasteiger partial charge is 0.398 e. The molecule has 19 heavy (non-hydrogen) atoms. The molecule has 0 aliphatic heterocycles. The maximum Gasteiger partial charge on any atom is 0.251 e. The summed E-state index contributed by atoms with van der Waals surface area (Å²) in [5, 5.41) is 11.8. The van der Waals surface area contributed by atoms with Gasteiger partial charge in [0.05, 0.1) is 0 Å². The Balaban J connectivity index is 2.52. The van der Waals surface area contributed by atoms with E-state index in [9.17, 15) is 4.79 Å². The number of aliphatic hydroxyl groups excluding tert-OH is 1. The average Bonchev–Trinajstić information content (AvgIpc) is 2.38. The fourth-order valence-electron chi connectivity index (χ4n) is 1.95. The molecule has 0 aromatic heterocycles. The quantitative estimate of drug-likeness (QED) is 0.543. The molecule has 106 valence electrons. The highest BCUT2D eigenvalue weighted by atomic mass is 16.3. The van der Waals surface area contributed by atoms with Gasteiger partial charge in [-0.1, -0.05) is 13.0 Å². The van der Waals surface area contributed by atoms with Crippen molar-refractivity contribution in [3.05, 3.63) is 28.8 Å². The number of nitrogen functional groups attached to an aromatic ring is 1. The van der Waals surface area contributed by atoms with Gasteiger partial charge in [0.1, 0.15) is 0 Å². The topological polar surface area (TPSA) is 75.3 Å². The van der Waals surface area contributed by atoms with Crippen LogP contribution >= 0.6 is 0 Å². The SMILES string of the molecule is Cc1cc(C)c(C(=O)NCCCC(C)CO)cc1N. The number of hydrogen-bond acceptors (Lipinski definition) is 3. The number of nitrogens with one attached hydrogen (secondary N) is 1. The van der Waals surface area contributed by atoms with Crippen LogP contribution in [0.5, 0.6) is 0 Å². The molecule has 4 N–H and O–H groups in total. The highest BCUT2D eigenvalue weighted by Crippen LogP contribution is 2.17. The molecule has 0 aliphatic carbocycles. The smallest absolute Gasteiger partial charge is 0.251 e. The molecule has 4 nitrogen and oxygen atoms in total. The monoisotopic (exact) mass is 264 g/mol. The zero-order valence-corrected chi connectivity index (χ0v) is 12.0. The predicted octanol–water partition coefficient (Wildman–Crippen LogP) is 2.02. The normalized spacial score (nSPS) is 12.2. The van der Waals surface area contributed by atoms with Crippen LogP contribution in [0.4, 0.5) is 5.69 Å². The number of aliphatic hydroxyl groups is 1. The zero-order chi connectivity index (χ0) is 14.4. The van der Waals surface area contributed by atoms with Crippen LogP contribution in [-0.4, -0.2) is 24.2 Å². The van der Waals surface area contributed by atoms with Gasteiger partial charge in [0.15, 0.2) is 0 Å². The molecule has 4 heteroatoms. The third kappa shape index (κ3) is 4.56. The lowest BCUT2D eigenvalue weighted by Crippen LogP contribution is -2.25. The van der Waals surface area contributed by atoms with E-state index in [1.165, 1.54) is 0 Å². The van der Waals surface area contributed by atoms with Crippen molar-refractivity contribution in [2.45, 2.75) is 33.6 Å². The average molecular weight is 264 g/mol. The number of anilines is 1. The highest BCUT2D eigenvalue weighted by Gasteiger charge is 2.10. The van der Waals surface area contributed by atoms with Gasteiger partial charge >= 0.3 is 0 Å². The Morgan fingerprint density at radius 3 is 2.68 bits per heavy atom. The summed E-state index contributed by atoms with van der Waals surface area (Å²) in [4.78, 5) is 12.0. The number of aryl methyl sites for hydroxylation is 2. The summed E-state index contributed by atoms with van der Waals surface area (Å²) in [7, 11) is 0. The Morgan fingerprint density at radius 1 is 1.37 bits per heavy atom. The van der Waals surface area contributed by atoms with Crippen molar-refractivity contribution in [3.8, 4) is 0 Å². The molecule has 1 rings (SSSR count). The summed E-state index contributed by atoms with van der Waals surface area (Å²) < 4.78 is 0. The van der Waals surface area contributed by atoms with E-state index in [0.29, 0.717) is 17.8 Å². The van der Waals surface area contributed by atoms with Gasteiger partial charge in [-0.3, -0.25) is 4.79 Å². The Bertz CT molecular complexity index is 444. The van der Waals surface area contributed by atoms with Crippen molar-refractivity contribution < 1.29 is 9.90 Å². The fourth-order valence-corrected chi connectivity index (χ4v) is 1.95. The van der Waals surface area contributed by atoms with Gasteiger partial charge in [0.25, 0.3) is 5.91 Å². The Morgan fingerprint density at radius 2 is 2.05 bits per heavy atom. The van der Waals surface area contributed by atoms with Crippen LogP contribution < -0.4 is 11.1 Å². The molecular formula is C15H24N2O2. The van der Waals surface area contributed by atoms with Crippen LogP contribution in [0.25, 0.3) is 0 Å². The molecule has 0 saturated carbocycles. The van der Waals surface area contributed by atoms with Crippen LogP contribution in [0.3, 0.4) is 0 Å². The lowest BCUT2D eigenvalue weighted by Gasteiger charge is -2.11. The lowest BCUT2D eigenvalue weighted by molar-refractivity contribution is 0.0951. The minimum Gasteiger partial charge on any atom is -0.398 e. The first-order valence-corrected chi connectivity index (χ1v) is 6.71. The van der Waals surface area contributed by atoms with Crippen molar-refractivity contribution in [1.29, 1.82) is 0 Å². The summed E-state index contributed by atoms with van der Waals surface area (Å²) in [6.07, 6.45) is 1.78. The van der Waals surface area contributed by atoms with Gasteiger partial charge < -0.3 is 16.2 Å². The van der Waals surface area contributed by atoms with Gasteiger partial charge in [-0.2, -0.15) is 0 Å². The zero-order valence-electron chi connectivity index (χ0n) is 12.0. The maximum atomic E-state index is 12.0. The van der Waals surface area contributed by atoms with Crippen molar-refractivity contribution in [2.24, 2.45) is 5.92 Å². The number of benzene rings is 1. The van der Waals surface area contributed by atoms with E-state index in [0.717, 1.165) is 24.0 Å². The molecule has 0 bridgehead atoms. The van der Waals surface area contributed by atoms with E-state index < -0.39 is 0 Å². The maximum absolute atomic E-state index is 12.0. The van der Waals surface area contributed by atoms with Crippen molar-refractivity contribution in [3.63, 3.8) is 0 Å². The Kier molecular flexibility index (Phi) is 5.83. The third-order valence-electron chi connectivity index (χ3n) is 3.33. The van der Waals surface area contributed by atoms with Gasteiger partial charge in [-0.15, -0.1) is 0 Å². The molecule has 0 spiro atoms. The van der Waals surface area contributed by atoms with Crippen LogP contribution in [-0.2, 0) is 0 Å². The van der Waals surface area contributed by atoms with E-state index in [4.69, 9.17) is 10.8 Å². The molecule has 1 amide bonds.